The topological polar surface area (TPSA) is 65.9 Å². The van der Waals surface area contributed by atoms with Gasteiger partial charge in [-0.25, -0.2) is 24.5 Å². The van der Waals surface area contributed by atoms with E-state index in [4.69, 9.17) is 15.0 Å². The molecule has 7 aromatic carbocycles. The van der Waals surface area contributed by atoms with Crippen molar-refractivity contribution < 1.29 is 9.13 Å². The van der Waals surface area contributed by atoms with Gasteiger partial charge in [-0.3, -0.25) is 4.90 Å². The Bertz CT molecular complexity index is 4800. The molecule has 83 heavy (non-hydrogen) atoms. The zero-order valence-electron chi connectivity index (χ0n) is 46.5. The first-order chi connectivity index (χ1) is 40.7. The zero-order valence-corrected chi connectivity index (χ0v) is 48.1. The lowest BCUT2D eigenvalue weighted by molar-refractivity contribution is -0.677. The summed E-state index contributed by atoms with van der Waals surface area (Å²) in [6.07, 6.45) is 6.31. The van der Waals surface area contributed by atoms with Crippen LogP contribution in [0.4, 0.5) is 17.2 Å². The molecule has 0 unspecified atom stereocenters. The van der Waals surface area contributed by atoms with Crippen molar-refractivity contribution in [3.05, 3.63) is 264 Å². The molecule has 2 aliphatic rings. The monoisotopic (exact) mass is 1110 g/mol. The highest BCUT2D eigenvalue weighted by molar-refractivity contribution is 7.31. The molecule has 0 fully saturated rings. The quantitative estimate of drug-likeness (QED) is 0.0864. The Labute approximate surface area is 490 Å². The van der Waals surface area contributed by atoms with Crippen molar-refractivity contribution in [1.82, 2.24) is 9.55 Å². The summed E-state index contributed by atoms with van der Waals surface area (Å²) < 4.78 is 9.49. The third kappa shape index (κ3) is 8.47. The van der Waals surface area contributed by atoms with Gasteiger partial charge in [0.2, 0.25) is 11.4 Å². The van der Waals surface area contributed by atoms with Crippen LogP contribution in [-0.4, -0.2) is 27.9 Å². The Morgan fingerprint density at radius 1 is 0.578 bits per heavy atom. The first-order valence-corrected chi connectivity index (χ1v) is 29.7. The van der Waals surface area contributed by atoms with Gasteiger partial charge in [0.1, 0.15) is 19.5 Å². The number of hydrogen-bond donors (Lipinski definition) is 0. The third-order valence-electron chi connectivity index (χ3n) is 16.9. The van der Waals surface area contributed by atoms with E-state index in [-0.39, 0.29) is 5.41 Å². The van der Waals surface area contributed by atoms with Crippen LogP contribution < -0.4 is 14.0 Å². The average Bonchev–Trinajstić information content (AvgIpc) is 4.32. The van der Waals surface area contributed by atoms with Crippen molar-refractivity contribution in [2.24, 2.45) is 22.0 Å². The molecule has 15 rings (SSSR count). The van der Waals surface area contributed by atoms with Crippen molar-refractivity contribution >= 4 is 89.5 Å². The SMILES string of the molecule is C=NC(=N/C(=N\Cn1c2ccc(-c3cc4sc(-c5ccnc(N6c7cccc(c7C)-c7cccc[n+]7Cc7c(-c8cccc[n+]8C)cccc76)c5)cc4s3)cc2c2cc3c(cc21)C(C)(C)c1ccccc1-3)c1ccccc1)c1ccccc1. The van der Waals surface area contributed by atoms with Crippen molar-refractivity contribution in [1.29, 1.82) is 0 Å². The molecular formula is C73H56N8S2+2. The van der Waals surface area contributed by atoms with E-state index in [0.29, 0.717) is 24.9 Å². The second-order valence-electron chi connectivity index (χ2n) is 22.0. The molecule has 1 aliphatic carbocycles. The fraction of sp³-hybridized carbons (Fsp3) is 0.0959. The van der Waals surface area contributed by atoms with Crippen LogP contribution in [0.5, 0.6) is 0 Å². The average molecular weight is 1110 g/mol. The first-order valence-electron chi connectivity index (χ1n) is 28.1. The van der Waals surface area contributed by atoms with Gasteiger partial charge in [0.25, 0.3) is 0 Å². The van der Waals surface area contributed by atoms with Gasteiger partial charge in [0, 0.05) is 76.9 Å². The van der Waals surface area contributed by atoms with Crippen LogP contribution in [-0.2, 0) is 25.7 Å². The number of aryl methyl sites for hydroxylation is 1. The number of amidine groups is 2. The fourth-order valence-corrected chi connectivity index (χ4v) is 15.1. The summed E-state index contributed by atoms with van der Waals surface area (Å²) in [4.78, 5) is 24.8. The standard InChI is InChI=1S/C73H56N8S2/c1-46-51-25-18-30-60(46)81(64-31-19-26-53(61-28-14-16-36-78(61)5)57(64)44-79-37-17-15-29-62(51)79)70-39-50(34-35-75-70)67-43-69-68(83-67)42-66(82-69)49-32-33-63-55(38-49)56-40-54-52-24-12-13-27-58(52)73(2,3)59(54)41-65(56)80(63)45-76-72(48-22-10-7-11-23-48)77-71(74-4)47-20-8-6-9-21-47/h6-43H,4,44-45H2,1-3,5H3/q+2/b76-72-,77-71?. The van der Waals surface area contributed by atoms with Crippen LogP contribution >= 0.6 is 22.7 Å². The summed E-state index contributed by atoms with van der Waals surface area (Å²) in [5.74, 6) is 2.00. The number of pyridine rings is 3. The molecule has 13 aromatic rings. The summed E-state index contributed by atoms with van der Waals surface area (Å²) >= 11 is 3.69. The summed E-state index contributed by atoms with van der Waals surface area (Å²) in [6, 6.07) is 76.4. The van der Waals surface area contributed by atoms with E-state index in [2.05, 4.69) is 234 Å². The maximum Gasteiger partial charge on any atom is 0.213 e. The number of rotatable bonds is 8. The number of thiophene rings is 2. The Morgan fingerprint density at radius 2 is 1.23 bits per heavy atom. The molecule has 2 bridgehead atoms. The number of hydrogen-bond acceptors (Lipinski definition) is 5. The fourth-order valence-electron chi connectivity index (χ4n) is 12.7. The molecule has 0 atom stereocenters. The first kappa shape index (κ1) is 50.2. The van der Waals surface area contributed by atoms with Gasteiger partial charge < -0.3 is 4.57 Å². The minimum absolute atomic E-state index is 0.172. The lowest BCUT2D eigenvalue weighted by Gasteiger charge is -2.28. The Hall–Kier alpha value is -9.74. The van der Waals surface area contributed by atoms with Crippen LogP contribution in [0.25, 0.3) is 85.7 Å². The predicted molar refractivity (Wildman–Crippen MR) is 345 cm³/mol. The maximum absolute atomic E-state index is 5.34. The minimum atomic E-state index is -0.172. The molecule has 0 amide bonds. The molecule has 0 saturated carbocycles. The molecule has 0 spiro atoms. The van der Waals surface area contributed by atoms with Crippen LogP contribution in [0.2, 0.25) is 0 Å². The van der Waals surface area contributed by atoms with Gasteiger partial charge in [-0.05, 0) is 138 Å². The summed E-state index contributed by atoms with van der Waals surface area (Å²) in [5.41, 5.74) is 20.8. The van der Waals surface area contributed by atoms with Gasteiger partial charge in [0.05, 0.1) is 39.1 Å². The summed E-state index contributed by atoms with van der Waals surface area (Å²) in [7, 11) is 2.13. The molecule has 398 valence electrons. The van der Waals surface area contributed by atoms with Gasteiger partial charge in [-0.15, -0.1) is 22.7 Å². The lowest BCUT2D eigenvalue weighted by atomic mass is 9.82. The van der Waals surface area contributed by atoms with E-state index in [9.17, 15) is 0 Å². The number of aromatic nitrogens is 4. The normalized spacial score (nSPS) is 13.6. The van der Waals surface area contributed by atoms with Gasteiger partial charge in [-0.1, -0.05) is 117 Å². The van der Waals surface area contributed by atoms with Gasteiger partial charge >= 0.3 is 0 Å². The van der Waals surface area contributed by atoms with Crippen LogP contribution in [0.1, 0.15) is 47.2 Å². The Balaban J connectivity index is 0.827. The molecule has 0 N–H and O–H groups in total. The third-order valence-corrected chi connectivity index (χ3v) is 19.3. The van der Waals surface area contributed by atoms with E-state index in [1.807, 2.05) is 77.4 Å². The number of benzene rings is 7. The highest BCUT2D eigenvalue weighted by Crippen LogP contribution is 2.52. The lowest BCUT2D eigenvalue weighted by Crippen LogP contribution is -2.37. The van der Waals surface area contributed by atoms with E-state index in [1.165, 1.54) is 85.7 Å². The Morgan fingerprint density at radius 3 is 1.99 bits per heavy atom. The molecule has 1 aliphatic heterocycles. The summed E-state index contributed by atoms with van der Waals surface area (Å²) in [5, 5.41) is 2.39. The molecule has 0 radical (unpaired) electrons. The van der Waals surface area contributed by atoms with E-state index >= 15 is 0 Å². The van der Waals surface area contributed by atoms with Crippen molar-refractivity contribution in [3.8, 4) is 54.5 Å². The van der Waals surface area contributed by atoms with Gasteiger partial charge in [0.15, 0.2) is 30.6 Å². The van der Waals surface area contributed by atoms with Crippen LogP contribution in [0.3, 0.4) is 0 Å². The largest absolute Gasteiger partial charge is 0.320 e. The second-order valence-corrected chi connectivity index (χ2v) is 24.2. The maximum atomic E-state index is 5.34. The summed E-state index contributed by atoms with van der Waals surface area (Å²) in [6.45, 7) is 11.9. The smallest absolute Gasteiger partial charge is 0.213 e. The van der Waals surface area contributed by atoms with E-state index in [1.54, 1.807) is 0 Å². The van der Waals surface area contributed by atoms with E-state index in [0.717, 1.165) is 50.6 Å². The van der Waals surface area contributed by atoms with Crippen molar-refractivity contribution in [3.63, 3.8) is 0 Å². The molecule has 7 heterocycles. The van der Waals surface area contributed by atoms with Gasteiger partial charge in [-0.2, -0.15) is 4.57 Å². The van der Waals surface area contributed by atoms with E-state index < -0.39 is 0 Å². The highest BCUT2D eigenvalue weighted by atomic mass is 32.1. The molecule has 6 aromatic heterocycles. The molecule has 10 heteroatoms. The molecular weight excluding hydrogens is 1050 g/mol. The number of fused-ring (bicyclic) bond motifs is 12. The second kappa shape index (κ2) is 20.1. The van der Waals surface area contributed by atoms with Crippen LogP contribution in [0.15, 0.2) is 246 Å². The van der Waals surface area contributed by atoms with Crippen LogP contribution in [0, 0.1) is 6.92 Å². The van der Waals surface area contributed by atoms with Crippen molar-refractivity contribution in [2.45, 2.75) is 39.4 Å². The van der Waals surface area contributed by atoms with Crippen molar-refractivity contribution in [2.75, 3.05) is 4.90 Å². The number of aliphatic imine (C=N–C) groups is 3. The minimum Gasteiger partial charge on any atom is -0.320 e. The Kier molecular flexibility index (Phi) is 12.1. The number of anilines is 3. The molecule has 0 saturated heterocycles. The predicted octanol–water partition coefficient (Wildman–Crippen LogP) is 17.2. The molecule has 8 nitrogen and oxygen atoms in total. The highest BCUT2D eigenvalue weighted by Gasteiger charge is 2.36. The zero-order chi connectivity index (χ0) is 55.9. The number of nitrogens with zero attached hydrogens (tertiary/aromatic N) is 8.